The Labute approximate surface area is 240 Å². The predicted molar refractivity (Wildman–Crippen MR) is 154 cm³/mol. The van der Waals surface area contributed by atoms with Crippen LogP contribution in [-0.4, -0.2) is 43.8 Å². The number of rotatable bonds is 10. The molecule has 1 aliphatic rings. The number of hydrogen-bond donors (Lipinski definition) is 1. The van der Waals surface area contributed by atoms with Crippen molar-refractivity contribution in [1.82, 2.24) is 10.2 Å². The van der Waals surface area contributed by atoms with Crippen LogP contribution in [0.3, 0.4) is 0 Å². The van der Waals surface area contributed by atoms with E-state index in [0.29, 0.717) is 10.6 Å². The van der Waals surface area contributed by atoms with Gasteiger partial charge in [-0.3, -0.25) is 13.9 Å². The van der Waals surface area contributed by atoms with Crippen LogP contribution >= 0.6 is 11.6 Å². The molecule has 1 saturated carbocycles. The van der Waals surface area contributed by atoms with E-state index in [1.54, 1.807) is 61.5 Å². The van der Waals surface area contributed by atoms with Crippen LogP contribution in [0.25, 0.3) is 0 Å². The van der Waals surface area contributed by atoms with Crippen molar-refractivity contribution >= 4 is 39.1 Å². The van der Waals surface area contributed by atoms with E-state index in [9.17, 15) is 22.4 Å². The van der Waals surface area contributed by atoms with Gasteiger partial charge in [0.25, 0.3) is 10.0 Å². The Hall–Kier alpha value is -3.43. The van der Waals surface area contributed by atoms with Gasteiger partial charge in [-0.05, 0) is 67.8 Å². The largest absolute Gasteiger partial charge is 0.352 e. The molecule has 1 atom stereocenters. The number of halogens is 2. The zero-order chi connectivity index (χ0) is 28.7. The highest BCUT2D eigenvalue weighted by Crippen LogP contribution is 2.26. The molecule has 0 radical (unpaired) electrons. The number of sulfonamides is 1. The average Bonchev–Trinajstić information content (AvgIpc) is 2.96. The van der Waals surface area contributed by atoms with Crippen LogP contribution < -0.4 is 9.62 Å². The quantitative estimate of drug-likeness (QED) is 0.338. The first-order valence-electron chi connectivity index (χ1n) is 13.3. The van der Waals surface area contributed by atoms with Gasteiger partial charge in [0, 0.05) is 17.6 Å². The Morgan fingerprint density at radius 2 is 1.57 bits per heavy atom. The molecule has 10 heteroatoms. The van der Waals surface area contributed by atoms with Gasteiger partial charge in [0.2, 0.25) is 11.8 Å². The van der Waals surface area contributed by atoms with Crippen molar-refractivity contribution in [2.45, 2.75) is 62.6 Å². The second-order valence-electron chi connectivity index (χ2n) is 9.93. The molecule has 0 heterocycles. The summed E-state index contributed by atoms with van der Waals surface area (Å²) in [5, 5.41) is 3.50. The minimum absolute atomic E-state index is 0.0109. The van der Waals surface area contributed by atoms with Crippen LogP contribution in [0.4, 0.5) is 10.1 Å². The molecular weight excluding hydrogens is 553 g/mol. The fourth-order valence-corrected chi connectivity index (χ4v) is 6.43. The summed E-state index contributed by atoms with van der Waals surface area (Å²) in [6.45, 7) is 1.07. The number of nitrogens with one attached hydrogen (secondary N) is 1. The van der Waals surface area contributed by atoms with E-state index in [-0.39, 0.29) is 29.1 Å². The first-order valence-corrected chi connectivity index (χ1v) is 15.1. The van der Waals surface area contributed by atoms with Gasteiger partial charge in [-0.25, -0.2) is 12.8 Å². The number of benzene rings is 3. The number of hydrogen-bond acceptors (Lipinski definition) is 4. The van der Waals surface area contributed by atoms with Crippen LogP contribution in [0.15, 0.2) is 83.8 Å². The van der Waals surface area contributed by atoms with Crippen molar-refractivity contribution in [3.05, 3.63) is 95.3 Å². The maximum absolute atomic E-state index is 13.9. The minimum Gasteiger partial charge on any atom is -0.352 e. The van der Waals surface area contributed by atoms with Gasteiger partial charge in [-0.1, -0.05) is 67.3 Å². The molecule has 7 nitrogen and oxygen atoms in total. The van der Waals surface area contributed by atoms with Crippen molar-refractivity contribution in [2.24, 2.45) is 0 Å². The van der Waals surface area contributed by atoms with Crippen molar-refractivity contribution in [3.63, 3.8) is 0 Å². The average molecular weight is 586 g/mol. The highest BCUT2D eigenvalue weighted by Gasteiger charge is 2.33. The summed E-state index contributed by atoms with van der Waals surface area (Å²) in [6.07, 6.45) is 4.98. The molecule has 0 spiro atoms. The first kappa shape index (κ1) is 29.6. The Morgan fingerprint density at radius 1 is 0.950 bits per heavy atom. The lowest BCUT2D eigenvalue weighted by molar-refractivity contribution is -0.139. The van der Waals surface area contributed by atoms with Crippen molar-refractivity contribution in [3.8, 4) is 0 Å². The molecule has 1 fully saturated rings. The summed E-state index contributed by atoms with van der Waals surface area (Å²) >= 11 is 6.40. The van der Waals surface area contributed by atoms with Crippen molar-refractivity contribution < 1.29 is 22.4 Å². The molecule has 4 rings (SSSR count). The molecule has 212 valence electrons. The molecule has 1 aliphatic carbocycles. The fraction of sp³-hybridized carbons (Fsp3) is 0.333. The molecule has 0 unspecified atom stereocenters. The van der Waals surface area contributed by atoms with E-state index < -0.39 is 34.3 Å². The van der Waals surface area contributed by atoms with Gasteiger partial charge in [-0.2, -0.15) is 0 Å². The van der Waals surface area contributed by atoms with E-state index in [1.807, 2.05) is 0 Å². The Kier molecular flexibility index (Phi) is 9.81. The summed E-state index contributed by atoms with van der Waals surface area (Å²) in [5.41, 5.74) is 0.889. The SMILES string of the molecule is C[C@H](C(=O)NC1CCCCC1)N(Cc1ccccc1Cl)C(=O)CN(c1ccccc1)S(=O)(=O)c1ccc(F)cc1. The molecule has 3 aromatic carbocycles. The molecule has 0 aromatic heterocycles. The molecule has 3 aromatic rings. The van der Waals surface area contributed by atoms with Gasteiger partial charge in [0.15, 0.2) is 0 Å². The third kappa shape index (κ3) is 7.20. The number of amides is 2. The summed E-state index contributed by atoms with van der Waals surface area (Å²) < 4.78 is 42.0. The third-order valence-electron chi connectivity index (χ3n) is 7.14. The molecular formula is C30H33ClFN3O4S. The van der Waals surface area contributed by atoms with E-state index in [1.165, 1.54) is 4.90 Å². The van der Waals surface area contributed by atoms with Crippen molar-refractivity contribution in [1.29, 1.82) is 0 Å². The van der Waals surface area contributed by atoms with Crippen LogP contribution in [0.5, 0.6) is 0 Å². The molecule has 0 saturated heterocycles. The highest BCUT2D eigenvalue weighted by molar-refractivity contribution is 7.92. The number of carbonyl (C=O) groups excluding carboxylic acids is 2. The Morgan fingerprint density at radius 3 is 2.23 bits per heavy atom. The summed E-state index contributed by atoms with van der Waals surface area (Å²) in [7, 11) is -4.26. The van der Waals surface area contributed by atoms with Gasteiger partial charge < -0.3 is 10.2 Å². The Bertz CT molecular complexity index is 1410. The van der Waals surface area contributed by atoms with E-state index in [0.717, 1.165) is 60.7 Å². The summed E-state index contributed by atoms with van der Waals surface area (Å²) in [4.78, 5) is 28.5. The summed E-state index contributed by atoms with van der Waals surface area (Å²) in [5.74, 6) is -1.47. The Balaban J connectivity index is 1.66. The number of nitrogens with zero attached hydrogens (tertiary/aromatic N) is 2. The van der Waals surface area contributed by atoms with E-state index >= 15 is 0 Å². The lowest BCUT2D eigenvalue weighted by atomic mass is 9.95. The molecule has 0 bridgehead atoms. The normalized spacial score (nSPS) is 14.8. The maximum Gasteiger partial charge on any atom is 0.264 e. The third-order valence-corrected chi connectivity index (χ3v) is 9.30. The minimum atomic E-state index is -4.26. The zero-order valence-electron chi connectivity index (χ0n) is 22.3. The van der Waals surface area contributed by atoms with Crippen LogP contribution in [0, 0.1) is 5.82 Å². The second kappa shape index (κ2) is 13.3. The molecule has 1 N–H and O–H groups in total. The molecule has 0 aliphatic heterocycles. The smallest absolute Gasteiger partial charge is 0.264 e. The number of anilines is 1. The lowest BCUT2D eigenvalue weighted by Gasteiger charge is -2.33. The first-order chi connectivity index (χ1) is 19.2. The van der Waals surface area contributed by atoms with Gasteiger partial charge in [0.1, 0.15) is 18.4 Å². The maximum atomic E-state index is 13.9. The molecule has 2 amide bonds. The lowest BCUT2D eigenvalue weighted by Crippen LogP contribution is -2.53. The van der Waals surface area contributed by atoms with Crippen molar-refractivity contribution in [2.75, 3.05) is 10.8 Å². The van der Waals surface area contributed by atoms with Gasteiger partial charge in [0.05, 0.1) is 10.6 Å². The summed E-state index contributed by atoms with van der Waals surface area (Å²) in [6, 6.07) is 18.8. The number of para-hydroxylation sites is 1. The van der Waals surface area contributed by atoms with Crippen LogP contribution in [-0.2, 0) is 26.2 Å². The van der Waals surface area contributed by atoms with E-state index in [4.69, 9.17) is 11.6 Å². The predicted octanol–water partition coefficient (Wildman–Crippen LogP) is 5.54. The van der Waals surface area contributed by atoms with Gasteiger partial charge >= 0.3 is 0 Å². The molecule has 40 heavy (non-hydrogen) atoms. The van der Waals surface area contributed by atoms with Gasteiger partial charge in [-0.15, -0.1) is 0 Å². The number of carbonyl (C=O) groups is 2. The topological polar surface area (TPSA) is 86.8 Å². The monoisotopic (exact) mass is 585 g/mol. The van der Waals surface area contributed by atoms with E-state index in [2.05, 4.69) is 5.32 Å². The standard InChI is InChI=1S/C30H33ClFN3O4S/c1-22(30(37)33-25-11-4-2-5-12-25)34(20-23-10-8-9-15-28(23)31)29(36)21-35(26-13-6-3-7-14-26)40(38,39)27-18-16-24(32)17-19-27/h3,6-10,13-19,22,25H,2,4-5,11-12,20-21H2,1H3,(H,33,37)/t22-/m1/s1. The zero-order valence-corrected chi connectivity index (χ0v) is 23.9. The fourth-order valence-electron chi connectivity index (χ4n) is 4.82. The van der Waals surface area contributed by atoms with Crippen LogP contribution in [0.2, 0.25) is 5.02 Å². The second-order valence-corrected chi connectivity index (χ2v) is 12.2. The van der Waals surface area contributed by atoms with Crippen LogP contribution in [0.1, 0.15) is 44.6 Å². The highest BCUT2D eigenvalue weighted by atomic mass is 35.5.